The van der Waals surface area contributed by atoms with Crippen molar-refractivity contribution in [3.05, 3.63) is 34.6 Å². The third kappa shape index (κ3) is 5.27. The van der Waals surface area contributed by atoms with Crippen LogP contribution in [0, 0.1) is 0 Å². The van der Waals surface area contributed by atoms with Crippen LogP contribution in [-0.4, -0.2) is 10.1 Å². The number of benzene rings is 1. The lowest BCUT2D eigenvalue weighted by molar-refractivity contribution is 0.420. The van der Waals surface area contributed by atoms with Crippen LogP contribution in [-0.2, 0) is 6.42 Å². The fourth-order valence-electron chi connectivity index (χ4n) is 2.34. The van der Waals surface area contributed by atoms with Crippen LogP contribution in [0.25, 0.3) is 11.5 Å². The molecule has 0 aliphatic heterocycles. The van der Waals surface area contributed by atoms with E-state index in [-0.39, 0.29) is 0 Å². The highest BCUT2D eigenvalue weighted by Crippen LogP contribution is 2.26. The summed E-state index contributed by atoms with van der Waals surface area (Å²) in [6.07, 6.45) is 9.99. The van der Waals surface area contributed by atoms with E-state index in [0.717, 1.165) is 28.7 Å². The smallest absolute Gasteiger partial charge is 0.259 e. The molecule has 0 atom stereocenters. The molecule has 0 aliphatic carbocycles. The van der Waals surface area contributed by atoms with Gasteiger partial charge in [0.25, 0.3) is 5.89 Å². The molecule has 0 aliphatic rings. The number of nitrogens with zero attached hydrogens (tertiary/aromatic N) is 2. The van der Waals surface area contributed by atoms with Gasteiger partial charge in [0.1, 0.15) is 0 Å². The first kappa shape index (κ1) is 16.2. The number of halogens is 1. The van der Waals surface area contributed by atoms with Gasteiger partial charge in [0.2, 0.25) is 0 Å². The summed E-state index contributed by atoms with van der Waals surface area (Å²) in [5.41, 5.74) is 0.954. The van der Waals surface area contributed by atoms with Gasteiger partial charge < -0.3 is 4.52 Å². The fraction of sp³-hybridized carbons (Fsp3) is 0.529. The van der Waals surface area contributed by atoms with Crippen LogP contribution in [0.15, 0.2) is 33.3 Å². The molecule has 0 bridgehead atoms. The van der Waals surface area contributed by atoms with Crippen molar-refractivity contribution in [3.8, 4) is 11.5 Å². The topological polar surface area (TPSA) is 38.9 Å². The minimum absolute atomic E-state index is 0.598. The molecular formula is C17H23BrN2O. The van der Waals surface area contributed by atoms with E-state index in [2.05, 4.69) is 33.0 Å². The van der Waals surface area contributed by atoms with Crippen molar-refractivity contribution in [2.45, 2.75) is 58.3 Å². The average Bonchev–Trinajstić information content (AvgIpc) is 2.95. The van der Waals surface area contributed by atoms with E-state index in [0.29, 0.717) is 5.89 Å². The van der Waals surface area contributed by atoms with Crippen LogP contribution in [0.4, 0.5) is 0 Å². The van der Waals surface area contributed by atoms with Gasteiger partial charge in [-0.2, -0.15) is 4.98 Å². The zero-order chi connectivity index (χ0) is 14.9. The number of aryl methyl sites for hydroxylation is 1. The van der Waals surface area contributed by atoms with Crippen LogP contribution in [0.3, 0.4) is 0 Å². The van der Waals surface area contributed by atoms with Gasteiger partial charge in [0.05, 0.1) is 5.56 Å². The van der Waals surface area contributed by atoms with Gasteiger partial charge in [0.15, 0.2) is 5.82 Å². The molecule has 1 aromatic carbocycles. The minimum atomic E-state index is 0.598. The Morgan fingerprint density at radius 2 is 1.71 bits per heavy atom. The molecule has 0 amide bonds. The van der Waals surface area contributed by atoms with E-state index < -0.39 is 0 Å². The van der Waals surface area contributed by atoms with Crippen molar-refractivity contribution < 1.29 is 4.52 Å². The third-order valence-corrected chi connectivity index (χ3v) is 4.27. The number of aromatic nitrogens is 2. The lowest BCUT2D eigenvalue weighted by Gasteiger charge is -1.99. The first-order valence-electron chi connectivity index (χ1n) is 7.88. The summed E-state index contributed by atoms with van der Waals surface area (Å²) in [5, 5.41) is 4.07. The maximum atomic E-state index is 5.35. The lowest BCUT2D eigenvalue weighted by Crippen LogP contribution is -1.89. The Morgan fingerprint density at radius 1 is 1.00 bits per heavy atom. The summed E-state index contributed by atoms with van der Waals surface area (Å²) in [6, 6.07) is 7.91. The van der Waals surface area contributed by atoms with Gasteiger partial charge in [-0.15, -0.1) is 0 Å². The molecular weight excluding hydrogens is 328 g/mol. The van der Waals surface area contributed by atoms with Gasteiger partial charge in [-0.1, -0.05) is 62.7 Å². The van der Waals surface area contributed by atoms with E-state index in [4.69, 9.17) is 4.52 Å². The fourth-order valence-corrected chi connectivity index (χ4v) is 2.79. The Hall–Kier alpha value is -1.16. The third-order valence-electron chi connectivity index (χ3n) is 3.58. The molecule has 0 radical (unpaired) electrons. The summed E-state index contributed by atoms with van der Waals surface area (Å²) in [5.74, 6) is 1.41. The molecule has 1 heterocycles. The molecule has 0 spiro atoms. The second kappa shape index (κ2) is 8.98. The molecule has 0 saturated carbocycles. The van der Waals surface area contributed by atoms with E-state index in [9.17, 15) is 0 Å². The van der Waals surface area contributed by atoms with Crippen molar-refractivity contribution in [3.63, 3.8) is 0 Å². The van der Waals surface area contributed by atoms with Crippen LogP contribution < -0.4 is 0 Å². The number of hydrogen-bond donors (Lipinski definition) is 0. The van der Waals surface area contributed by atoms with Gasteiger partial charge in [-0.25, -0.2) is 0 Å². The molecule has 1 aromatic heterocycles. The zero-order valence-electron chi connectivity index (χ0n) is 12.6. The first-order chi connectivity index (χ1) is 10.3. The highest BCUT2D eigenvalue weighted by molar-refractivity contribution is 9.10. The summed E-state index contributed by atoms with van der Waals surface area (Å²) in [6.45, 7) is 2.25. The van der Waals surface area contributed by atoms with Crippen LogP contribution in [0.2, 0.25) is 0 Å². The molecule has 2 rings (SSSR count). The predicted octanol–water partition coefficient (Wildman–Crippen LogP) is 5.79. The monoisotopic (exact) mass is 350 g/mol. The Labute approximate surface area is 135 Å². The molecule has 4 heteroatoms. The maximum absolute atomic E-state index is 5.35. The molecule has 21 heavy (non-hydrogen) atoms. The van der Waals surface area contributed by atoms with Gasteiger partial charge in [-0.3, -0.25) is 0 Å². The normalized spacial score (nSPS) is 11.0. The van der Waals surface area contributed by atoms with Crippen LogP contribution in [0.1, 0.15) is 57.7 Å². The summed E-state index contributed by atoms with van der Waals surface area (Å²) >= 11 is 3.51. The minimum Gasteiger partial charge on any atom is -0.334 e. The molecule has 114 valence electrons. The van der Waals surface area contributed by atoms with Crippen LogP contribution in [0.5, 0.6) is 0 Å². The number of rotatable bonds is 9. The summed E-state index contributed by atoms with van der Waals surface area (Å²) in [7, 11) is 0. The van der Waals surface area contributed by atoms with Gasteiger partial charge >= 0.3 is 0 Å². The van der Waals surface area contributed by atoms with Crippen molar-refractivity contribution in [2.75, 3.05) is 0 Å². The molecule has 0 N–H and O–H groups in total. The maximum Gasteiger partial charge on any atom is 0.259 e. The SMILES string of the molecule is CCCCCCCCCc1noc(-c2ccccc2Br)n1. The van der Waals surface area contributed by atoms with E-state index in [1.807, 2.05) is 24.3 Å². The largest absolute Gasteiger partial charge is 0.334 e. The standard InChI is InChI=1S/C17H23BrN2O/c1-2-3-4-5-6-7-8-13-16-19-17(21-20-16)14-11-9-10-12-15(14)18/h9-12H,2-8,13H2,1H3. The Kier molecular flexibility index (Phi) is 6.93. The Balaban J connectivity index is 1.75. The highest BCUT2D eigenvalue weighted by atomic mass is 79.9. The van der Waals surface area contributed by atoms with Crippen molar-refractivity contribution >= 4 is 15.9 Å². The van der Waals surface area contributed by atoms with Crippen molar-refractivity contribution in [1.29, 1.82) is 0 Å². The van der Waals surface area contributed by atoms with E-state index in [1.54, 1.807) is 0 Å². The van der Waals surface area contributed by atoms with Gasteiger partial charge in [-0.05, 0) is 34.5 Å². The molecule has 0 unspecified atom stereocenters. The molecule has 0 fully saturated rings. The average molecular weight is 351 g/mol. The van der Waals surface area contributed by atoms with Crippen molar-refractivity contribution in [2.24, 2.45) is 0 Å². The molecule has 0 saturated heterocycles. The lowest BCUT2D eigenvalue weighted by atomic mass is 10.1. The zero-order valence-corrected chi connectivity index (χ0v) is 14.2. The second-order valence-electron chi connectivity index (χ2n) is 5.37. The van der Waals surface area contributed by atoms with Gasteiger partial charge in [0, 0.05) is 10.9 Å². The molecule has 3 nitrogen and oxygen atoms in total. The number of unbranched alkanes of at least 4 members (excludes halogenated alkanes) is 6. The summed E-state index contributed by atoms with van der Waals surface area (Å²) < 4.78 is 6.33. The first-order valence-corrected chi connectivity index (χ1v) is 8.68. The highest BCUT2D eigenvalue weighted by Gasteiger charge is 2.10. The van der Waals surface area contributed by atoms with E-state index >= 15 is 0 Å². The van der Waals surface area contributed by atoms with E-state index in [1.165, 1.54) is 38.5 Å². The molecule has 2 aromatic rings. The Morgan fingerprint density at radius 3 is 2.48 bits per heavy atom. The summed E-state index contributed by atoms with van der Waals surface area (Å²) in [4.78, 5) is 4.48. The number of hydrogen-bond acceptors (Lipinski definition) is 3. The van der Waals surface area contributed by atoms with Crippen molar-refractivity contribution in [1.82, 2.24) is 10.1 Å². The quantitative estimate of drug-likeness (QED) is 0.537. The second-order valence-corrected chi connectivity index (χ2v) is 6.22. The van der Waals surface area contributed by atoms with Crippen LogP contribution >= 0.6 is 15.9 Å². The predicted molar refractivity (Wildman–Crippen MR) is 89.1 cm³/mol. The Bertz CT molecular complexity index is 539.